The third-order valence-corrected chi connectivity index (χ3v) is 5.07. The SMILES string of the molecule is CNC(=O)C1CN(C(=O)CCCN(C)c2ccccc2)CCN1C(C)C. The number of nitrogens with one attached hydrogen (secondary N) is 1. The van der Waals surface area contributed by atoms with E-state index in [0.717, 1.165) is 25.2 Å². The third-order valence-electron chi connectivity index (χ3n) is 5.07. The summed E-state index contributed by atoms with van der Waals surface area (Å²) in [5.41, 5.74) is 1.16. The van der Waals surface area contributed by atoms with Crippen molar-refractivity contribution in [3.63, 3.8) is 0 Å². The first-order valence-electron chi connectivity index (χ1n) is 9.45. The van der Waals surface area contributed by atoms with Crippen LogP contribution in [0.2, 0.25) is 0 Å². The summed E-state index contributed by atoms with van der Waals surface area (Å²) in [5, 5.41) is 2.73. The Hall–Kier alpha value is -2.08. The molecule has 2 amide bonds. The zero-order chi connectivity index (χ0) is 19.1. The normalized spacial score (nSPS) is 18.0. The quantitative estimate of drug-likeness (QED) is 0.802. The van der Waals surface area contributed by atoms with Gasteiger partial charge in [-0.2, -0.15) is 0 Å². The summed E-state index contributed by atoms with van der Waals surface area (Å²) in [4.78, 5) is 31.0. The Kier molecular flexibility index (Phi) is 7.45. The minimum atomic E-state index is -0.260. The molecule has 1 aromatic rings. The summed E-state index contributed by atoms with van der Waals surface area (Å²) in [6.07, 6.45) is 1.32. The lowest BCUT2D eigenvalue weighted by Crippen LogP contribution is -2.61. The third kappa shape index (κ3) is 5.21. The Labute approximate surface area is 157 Å². The van der Waals surface area contributed by atoms with Crippen molar-refractivity contribution >= 4 is 17.5 Å². The van der Waals surface area contributed by atoms with Crippen LogP contribution in [-0.2, 0) is 9.59 Å². The number of likely N-dealkylation sites (N-methyl/N-ethyl adjacent to an activating group) is 1. The predicted octanol–water partition coefficient (Wildman–Crippen LogP) is 1.57. The van der Waals surface area contributed by atoms with E-state index in [1.807, 2.05) is 30.1 Å². The van der Waals surface area contributed by atoms with Gasteiger partial charge in [0.2, 0.25) is 11.8 Å². The summed E-state index contributed by atoms with van der Waals surface area (Å²) in [7, 11) is 3.70. The highest BCUT2D eigenvalue weighted by molar-refractivity contribution is 5.83. The monoisotopic (exact) mass is 360 g/mol. The summed E-state index contributed by atoms with van der Waals surface area (Å²) in [5.74, 6) is 0.129. The van der Waals surface area contributed by atoms with E-state index >= 15 is 0 Å². The second-order valence-electron chi connectivity index (χ2n) is 7.16. The molecule has 0 aromatic heterocycles. The first kappa shape index (κ1) is 20.2. The van der Waals surface area contributed by atoms with Gasteiger partial charge in [-0.1, -0.05) is 18.2 Å². The summed E-state index contributed by atoms with van der Waals surface area (Å²) in [6, 6.07) is 10.2. The molecule has 1 aliphatic rings. The average molecular weight is 361 g/mol. The number of anilines is 1. The number of piperazine rings is 1. The number of hydrogen-bond acceptors (Lipinski definition) is 4. The van der Waals surface area contributed by atoms with E-state index in [2.05, 4.69) is 41.1 Å². The molecule has 1 N–H and O–H groups in total. The summed E-state index contributed by atoms with van der Waals surface area (Å²) in [6.45, 7) is 6.93. The molecule has 0 radical (unpaired) electrons. The maximum Gasteiger partial charge on any atom is 0.238 e. The van der Waals surface area contributed by atoms with Gasteiger partial charge in [0.1, 0.15) is 6.04 Å². The molecule has 0 saturated carbocycles. The molecule has 1 unspecified atom stereocenters. The average Bonchev–Trinajstić information content (AvgIpc) is 2.67. The Bertz CT molecular complexity index is 591. The number of nitrogens with zero attached hydrogens (tertiary/aromatic N) is 3. The molecule has 1 saturated heterocycles. The molecule has 1 aliphatic heterocycles. The molecule has 0 bridgehead atoms. The predicted molar refractivity (Wildman–Crippen MR) is 105 cm³/mol. The Morgan fingerprint density at radius 1 is 1.23 bits per heavy atom. The lowest BCUT2D eigenvalue weighted by atomic mass is 10.1. The van der Waals surface area contributed by atoms with Crippen molar-refractivity contribution in [2.45, 2.75) is 38.8 Å². The van der Waals surface area contributed by atoms with Crippen molar-refractivity contribution in [2.24, 2.45) is 0 Å². The van der Waals surface area contributed by atoms with E-state index in [0.29, 0.717) is 19.5 Å². The van der Waals surface area contributed by atoms with E-state index in [1.165, 1.54) is 0 Å². The van der Waals surface area contributed by atoms with Gasteiger partial charge in [0.15, 0.2) is 0 Å². The molecule has 1 fully saturated rings. The van der Waals surface area contributed by atoms with Gasteiger partial charge >= 0.3 is 0 Å². The molecule has 0 aliphatic carbocycles. The molecule has 0 spiro atoms. The van der Waals surface area contributed by atoms with Gasteiger partial charge in [-0.25, -0.2) is 0 Å². The van der Waals surface area contributed by atoms with Crippen molar-refractivity contribution < 1.29 is 9.59 Å². The second-order valence-corrected chi connectivity index (χ2v) is 7.16. The van der Waals surface area contributed by atoms with Crippen LogP contribution in [0, 0.1) is 0 Å². The van der Waals surface area contributed by atoms with Gasteiger partial charge in [0, 0.05) is 58.4 Å². The number of benzene rings is 1. The molecule has 2 rings (SSSR count). The molecule has 144 valence electrons. The molecule has 26 heavy (non-hydrogen) atoms. The van der Waals surface area contributed by atoms with Crippen LogP contribution >= 0.6 is 0 Å². The number of carbonyl (C=O) groups excluding carboxylic acids is 2. The minimum Gasteiger partial charge on any atom is -0.375 e. The van der Waals surface area contributed by atoms with Crippen LogP contribution in [0.25, 0.3) is 0 Å². The molecular formula is C20H32N4O2. The standard InChI is InChI=1S/C20H32N4O2/c1-16(2)24-14-13-23(15-18(24)20(26)21-3)19(25)11-8-12-22(4)17-9-6-5-7-10-17/h5-7,9-10,16,18H,8,11-15H2,1-4H3,(H,21,26). The van der Waals surface area contributed by atoms with Crippen LogP contribution in [0.1, 0.15) is 26.7 Å². The van der Waals surface area contributed by atoms with Crippen molar-refractivity contribution in [1.29, 1.82) is 0 Å². The van der Waals surface area contributed by atoms with E-state index in [1.54, 1.807) is 7.05 Å². The van der Waals surface area contributed by atoms with Crippen LogP contribution in [0.5, 0.6) is 0 Å². The molecular weight excluding hydrogens is 328 g/mol. The maximum atomic E-state index is 12.6. The topological polar surface area (TPSA) is 55.9 Å². The number of rotatable bonds is 7. The lowest BCUT2D eigenvalue weighted by molar-refractivity contribution is -0.139. The number of amides is 2. The number of carbonyl (C=O) groups is 2. The van der Waals surface area contributed by atoms with Crippen LogP contribution in [0.3, 0.4) is 0 Å². The zero-order valence-corrected chi connectivity index (χ0v) is 16.4. The fourth-order valence-corrected chi connectivity index (χ4v) is 3.48. The van der Waals surface area contributed by atoms with E-state index in [4.69, 9.17) is 0 Å². The van der Waals surface area contributed by atoms with Crippen molar-refractivity contribution in [3.05, 3.63) is 30.3 Å². The van der Waals surface area contributed by atoms with Crippen molar-refractivity contribution in [1.82, 2.24) is 15.1 Å². The highest BCUT2D eigenvalue weighted by atomic mass is 16.2. The lowest BCUT2D eigenvalue weighted by Gasteiger charge is -2.42. The van der Waals surface area contributed by atoms with Gasteiger partial charge in [-0.15, -0.1) is 0 Å². The van der Waals surface area contributed by atoms with Crippen molar-refractivity contribution in [3.8, 4) is 0 Å². The van der Waals surface area contributed by atoms with Gasteiger partial charge < -0.3 is 15.1 Å². The number of para-hydroxylation sites is 1. The van der Waals surface area contributed by atoms with E-state index in [-0.39, 0.29) is 23.9 Å². The van der Waals surface area contributed by atoms with Crippen molar-refractivity contribution in [2.75, 3.05) is 45.2 Å². The molecule has 1 aromatic carbocycles. The van der Waals surface area contributed by atoms with E-state index in [9.17, 15) is 9.59 Å². The Morgan fingerprint density at radius 2 is 1.92 bits per heavy atom. The van der Waals surface area contributed by atoms with Crippen LogP contribution in [-0.4, -0.2) is 74.0 Å². The van der Waals surface area contributed by atoms with Gasteiger partial charge in [-0.3, -0.25) is 14.5 Å². The maximum absolute atomic E-state index is 12.6. The first-order valence-corrected chi connectivity index (χ1v) is 9.45. The zero-order valence-electron chi connectivity index (χ0n) is 16.4. The van der Waals surface area contributed by atoms with Crippen LogP contribution in [0.15, 0.2) is 30.3 Å². The fraction of sp³-hybridized carbons (Fsp3) is 0.600. The molecule has 6 nitrogen and oxygen atoms in total. The summed E-state index contributed by atoms with van der Waals surface area (Å²) >= 11 is 0. The minimum absolute atomic E-state index is 0.0139. The summed E-state index contributed by atoms with van der Waals surface area (Å²) < 4.78 is 0. The molecule has 1 atom stereocenters. The highest BCUT2D eigenvalue weighted by Crippen LogP contribution is 2.16. The first-order chi connectivity index (χ1) is 12.4. The van der Waals surface area contributed by atoms with E-state index < -0.39 is 0 Å². The van der Waals surface area contributed by atoms with Crippen LogP contribution < -0.4 is 10.2 Å². The Morgan fingerprint density at radius 3 is 2.54 bits per heavy atom. The molecule has 6 heteroatoms. The number of hydrogen-bond donors (Lipinski definition) is 1. The Balaban J connectivity index is 1.84. The van der Waals surface area contributed by atoms with Crippen LogP contribution in [0.4, 0.5) is 5.69 Å². The molecule has 1 heterocycles. The smallest absolute Gasteiger partial charge is 0.238 e. The largest absolute Gasteiger partial charge is 0.375 e. The second kappa shape index (κ2) is 9.57. The fourth-order valence-electron chi connectivity index (χ4n) is 3.48. The van der Waals surface area contributed by atoms with Gasteiger partial charge in [-0.05, 0) is 32.4 Å². The highest BCUT2D eigenvalue weighted by Gasteiger charge is 2.34. The van der Waals surface area contributed by atoms with Gasteiger partial charge in [0.25, 0.3) is 0 Å². The van der Waals surface area contributed by atoms with Gasteiger partial charge in [0.05, 0.1) is 0 Å².